The van der Waals surface area contributed by atoms with E-state index in [0.717, 1.165) is 21.6 Å². The zero-order chi connectivity index (χ0) is 12.4. The van der Waals surface area contributed by atoms with Crippen LogP contribution in [0.2, 0.25) is 5.02 Å². The molecule has 1 atom stereocenters. The van der Waals surface area contributed by atoms with Gasteiger partial charge in [0.05, 0.1) is 11.1 Å². The Morgan fingerprint density at radius 1 is 1.29 bits per heavy atom. The van der Waals surface area contributed by atoms with Crippen LogP contribution in [-0.4, -0.2) is 7.05 Å². The van der Waals surface area contributed by atoms with Gasteiger partial charge in [0.15, 0.2) is 0 Å². The van der Waals surface area contributed by atoms with Gasteiger partial charge in [-0.15, -0.1) is 0 Å². The summed E-state index contributed by atoms with van der Waals surface area (Å²) in [5, 5.41) is 3.93. The van der Waals surface area contributed by atoms with Gasteiger partial charge in [-0.25, -0.2) is 0 Å². The minimum Gasteiger partial charge on any atom is -0.464 e. The molecule has 1 N–H and O–H groups in total. The number of aryl methyl sites for hydroxylation is 1. The highest BCUT2D eigenvalue weighted by Gasteiger charge is 2.19. The SMILES string of the molecule is CNC(c1ccc(C)o1)c1cccc(Br)c1Cl. The van der Waals surface area contributed by atoms with E-state index < -0.39 is 0 Å². The second-order valence-electron chi connectivity index (χ2n) is 3.81. The van der Waals surface area contributed by atoms with Crippen molar-refractivity contribution in [3.05, 3.63) is 56.9 Å². The Hall–Kier alpha value is -0.770. The average molecular weight is 315 g/mol. The summed E-state index contributed by atoms with van der Waals surface area (Å²) in [4.78, 5) is 0. The molecule has 0 aliphatic rings. The fraction of sp³-hybridized carbons (Fsp3) is 0.231. The first-order valence-corrected chi connectivity index (χ1v) is 6.48. The predicted octanol–water partition coefficient (Wildman–Crippen LogP) is 4.31. The van der Waals surface area contributed by atoms with Crippen LogP contribution in [0.1, 0.15) is 23.1 Å². The molecular formula is C13H13BrClNO. The third-order valence-corrected chi connectivity index (χ3v) is 3.94. The lowest BCUT2D eigenvalue weighted by atomic mass is 10.0. The highest BCUT2D eigenvalue weighted by atomic mass is 79.9. The molecule has 0 saturated carbocycles. The fourth-order valence-corrected chi connectivity index (χ4v) is 2.42. The standard InChI is InChI=1S/C13H13BrClNO/c1-8-6-7-11(17-8)13(16-2)9-4-3-5-10(14)12(9)15/h3-7,13,16H,1-2H3. The van der Waals surface area contributed by atoms with Gasteiger partial charge in [-0.1, -0.05) is 23.7 Å². The molecule has 0 radical (unpaired) electrons. The van der Waals surface area contributed by atoms with Gasteiger partial charge in [-0.05, 0) is 53.7 Å². The summed E-state index contributed by atoms with van der Waals surface area (Å²) in [6.45, 7) is 1.93. The van der Waals surface area contributed by atoms with Crippen molar-refractivity contribution in [1.29, 1.82) is 0 Å². The molecule has 1 aromatic heterocycles. The topological polar surface area (TPSA) is 25.2 Å². The summed E-state index contributed by atoms with van der Waals surface area (Å²) < 4.78 is 6.54. The number of furan rings is 1. The molecule has 1 aromatic carbocycles. The second kappa shape index (κ2) is 5.25. The highest BCUT2D eigenvalue weighted by Crippen LogP contribution is 2.33. The minimum atomic E-state index is -0.0336. The Morgan fingerprint density at radius 3 is 2.65 bits per heavy atom. The predicted molar refractivity (Wildman–Crippen MR) is 73.5 cm³/mol. The number of halogens is 2. The number of benzene rings is 1. The molecule has 0 spiro atoms. The lowest BCUT2D eigenvalue weighted by Crippen LogP contribution is -2.17. The van der Waals surface area contributed by atoms with Gasteiger partial charge in [0.25, 0.3) is 0 Å². The van der Waals surface area contributed by atoms with Gasteiger partial charge in [0.2, 0.25) is 0 Å². The Balaban J connectivity index is 2.45. The molecule has 90 valence electrons. The first-order valence-electron chi connectivity index (χ1n) is 5.31. The van der Waals surface area contributed by atoms with Gasteiger partial charge < -0.3 is 9.73 Å². The number of hydrogen-bond donors (Lipinski definition) is 1. The first kappa shape index (κ1) is 12.7. The van der Waals surface area contributed by atoms with Crippen molar-refractivity contribution in [1.82, 2.24) is 5.32 Å². The number of hydrogen-bond acceptors (Lipinski definition) is 2. The molecule has 17 heavy (non-hydrogen) atoms. The molecule has 0 aliphatic carbocycles. The molecule has 0 amide bonds. The zero-order valence-corrected chi connectivity index (χ0v) is 12.0. The molecule has 0 fully saturated rings. The van der Waals surface area contributed by atoms with Crippen molar-refractivity contribution in [2.75, 3.05) is 7.05 Å². The largest absolute Gasteiger partial charge is 0.464 e. The van der Waals surface area contributed by atoms with E-state index in [4.69, 9.17) is 16.0 Å². The molecule has 4 heteroatoms. The van der Waals surface area contributed by atoms with E-state index in [9.17, 15) is 0 Å². The lowest BCUT2D eigenvalue weighted by molar-refractivity contribution is 0.444. The number of rotatable bonds is 3. The summed E-state index contributed by atoms with van der Waals surface area (Å²) in [7, 11) is 1.89. The minimum absolute atomic E-state index is 0.0336. The van der Waals surface area contributed by atoms with E-state index in [1.807, 2.05) is 44.3 Å². The molecule has 1 unspecified atom stereocenters. The van der Waals surface area contributed by atoms with Crippen LogP contribution in [0, 0.1) is 6.92 Å². The highest BCUT2D eigenvalue weighted by molar-refractivity contribution is 9.10. The molecule has 2 rings (SSSR count). The van der Waals surface area contributed by atoms with E-state index in [1.54, 1.807) is 0 Å². The van der Waals surface area contributed by atoms with Gasteiger partial charge >= 0.3 is 0 Å². The third kappa shape index (κ3) is 2.57. The Morgan fingerprint density at radius 2 is 2.06 bits per heavy atom. The quantitative estimate of drug-likeness (QED) is 0.913. The summed E-state index contributed by atoms with van der Waals surface area (Å²) in [5.74, 6) is 1.76. The summed E-state index contributed by atoms with van der Waals surface area (Å²) in [6, 6.07) is 9.76. The van der Waals surface area contributed by atoms with Gasteiger partial charge in [0, 0.05) is 4.47 Å². The smallest absolute Gasteiger partial charge is 0.125 e. The summed E-state index contributed by atoms with van der Waals surface area (Å²) >= 11 is 9.73. The summed E-state index contributed by atoms with van der Waals surface area (Å²) in [5.41, 5.74) is 0.998. The van der Waals surface area contributed by atoms with Crippen molar-refractivity contribution >= 4 is 27.5 Å². The molecule has 0 bridgehead atoms. The van der Waals surface area contributed by atoms with Crippen LogP contribution in [0.15, 0.2) is 39.2 Å². The third-order valence-electron chi connectivity index (χ3n) is 2.63. The molecular weight excluding hydrogens is 302 g/mol. The Bertz CT molecular complexity index is 524. The van der Waals surface area contributed by atoms with E-state index in [0.29, 0.717) is 5.02 Å². The van der Waals surface area contributed by atoms with Crippen LogP contribution < -0.4 is 5.32 Å². The maximum Gasteiger partial charge on any atom is 0.125 e. The Kier molecular flexibility index (Phi) is 3.92. The van der Waals surface area contributed by atoms with Crippen molar-refractivity contribution < 1.29 is 4.42 Å². The van der Waals surface area contributed by atoms with Crippen molar-refractivity contribution in [3.63, 3.8) is 0 Å². The maximum absolute atomic E-state index is 6.29. The van der Waals surface area contributed by atoms with Crippen LogP contribution in [0.3, 0.4) is 0 Å². The molecule has 2 aromatic rings. The van der Waals surface area contributed by atoms with Crippen molar-refractivity contribution in [2.24, 2.45) is 0 Å². The van der Waals surface area contributed by atoms with Crippen LogP contribution in [0.5, 0.6) is 0 Å². The second-order valence-corrected chi connectivity index (χ2v) is 5.05. The molecule has 0 aliphatic heterocycles. The van der Waals surface area contributed by atoms with Crippen LogP contribution >= 0.6 is 27.5 Å². The van der Waals surface area contributed by atoms with Crippen molar-refractivity contribution in [3.8, 4) is 0 Å². The monoisotopic (exact) mass is 313 g/mol. The Labute approximate surface area is 114 Å². The van der Waals surface area contributed by atoms with E-state index >= 15 is 0 Å². The van der Waals surface area contributed by atoms with E-state index in [2.05, 4.69) is 21.2 Å². The fourth-order valence-electron chi connectivity index (χ4n) is 1.80. The van der Waals surface area contributed by atoms with E-state index in [-0.39, 0.29) is 6.04 Å². The lowest BCUT2D eigenvalue weighted by Gasteiger charge is -2.16. The van der Waals surface area contributed by atoms with Gasteiger partial charge in [-0.2, -0.15) is 0 Å². The number of nitrogens with one attached hydrogen (secondary N) is 1. The molecule has 0 saturated heterocycles. The van der Waals surface area contributed by atoms with Crippen LogP contribution in [0.25, 0.3) is 0 Å². The molecule has 1 heterocycles. The first-order chi connectivity index (χ1) is 8.13. The molecule has 2 nitrogen and oxygen atoms in total. The van der Waals surface area contributed by atoms with Crippen LogP contribution in [-0.2, 0) is 0 Å². The van der Waals surface area contributed by atoms with Crippen LogP contribution in [0.4, 0.5) is 0 Å². The summed E-state index contributed by atoms with van der Waals surface area (Å²) in [6.07, 6.45) is 0. The van der Waals surface area contributed by atoms with Gasteiger partial charge in [0.1, 0.15) is 11.5 Å². The van der Waals surface area contributed by atoms with E-state index in [1.165, 1.54) is 0 Å². The maximum atomic E-state index is 6.29. The zero-order valence-electron chi connectivity index (χ0n) is 9.63. The van der Waals surface area contributed by atoms with Gasteiger partial charge in [-0.3, -0.25) is 0 Å². The van der Waals surface area contributed by atoms with Crippen molar-refractivity contribution in [2.45, 2.75) is 13.0 Å². The average Bonchev–Trinajstić information content (AvgIpc) is 2.72. The normalized spacial score (nSPS) is 12.7.